The predicted molar refractivity (Wildman–Crippen MR) is 268 cm³/mol. The summed E-state index contributed by atoms with van der Waals surface area (Å²) in [6.45, 7) is 24.1. The maximum absolute atomic E-state index is 2.76. The third kappa shape index (κ3) is 6.44. The topological polar surface area (TPSA) is 3.24 Å². The van der Waals surface area contributed by atoms with Gasteiger partial charge in [-0.3, -0.25) is 0 Å². The molecule has 0 heterocycles. The molecule has 0 N–H and O–H groups in total. The van der Waals surface area contributed by atoms with E-state index in [2.05, 4.69) is 202 Å². The first-order chi connectivity index (χ1) is 29.9. The van der Waals surface area contributed by atoms with Crippen LogP contribution in [0.1, 0.15) is 148 Å². The molecule has 63 heavy (non-hydrogen) atoms. The first-order valence-electron chi connectivity index (χ1n) is 24.5. The molecule has 6 aromatic carbocycles. The van der Waals surface area contributed by atoms with Crippen LogP contribution in [-0.4, -0.2) is 0 Å². The predicted octanol–water partition coefficient (Wildman–Crippen LogP) is 17.2. The van der Waals surface area contributed by atoms with Crippen LogP contribution in [0.5, 0.6) is 0 Å². The van der Waals surface area contributed by atoms with Crippen LogP contribution in [0.4, 0.5) is 17.1 Å². The Kier molecular flexibility index (Phi) is 9.12. The lowest BCUT2D eigenvalue weighted by Gasteiger charge is -2.61. The molecular formula is C62H69N. The standard InChI is InChI=1S/C62H69N/c1-58(2,3)44-33-43(34-45(35-44)59(4,5)6)51-37-52-50-18-14-15-19-53(50)62(46-29-39-28-40(31-46)32-47(62)30-39)55(52)38-57(51)63(48-22-20-42(21-23-48)41-16-12-11-13-17-41)49-24-25-54-56(36-49)61(9,10)27-26-60(54,7)8/h11-25,33-40,46-47H,26-32H2,1-10H3. The normalized spacial score (nSPS) is 24.9. The molecule has 4 bridgehead atoms. The smallest absolute Gasteiger partial charge is 0.0543 e. The van der Waals surface area contributed by atoms with E-state index in [1.54, 1.807) is 11.1 Å². The molecule has 0 radical (unpaired) electrons. The molecule has 0 atom stereocenters. The van der Waals surface area contributed by atoms with Gasteiger partial charge in [-0.1, -0.05) is 160 Å². The molecule has 12 rings (SSSR count). The number of anilines is 3. The summed E-state index contributed by atoms with van der Waals surface area (Å²) in [5, 5.41) is 0. The second-order valence-corrected chi connectivity index (χ2v) is 24.2. The first kappa shape index (κ1) is 40.9. The number of rotatable bonds is 5. The summed E-state index contributed by atoms with van der Waals surface area (Å²) in [5.74, 6) is 3.17. The van der Waals surface area contributed by atoms with Crippen molar-refractivity contribution in [2.45, 2.75) is 141 Å². The molecule has 0 aliphatic heterocycles. The Morgan fingerprint density at radius 1 is 0.429 bits per heavy atom. The Bertz CT molecular complexity index is 2690. The van der Waals surface area contributed by atoms with E-state index in [0.29, 0.717) is 11.8 Å². The lowest BCUT2D eigenvalue weighted by molar-refractivity contribution is -0.0399. The molecule has 0 saturated heterocycles. The average molecular weight is 828 g/mol. The number of nitrogens with zero attached hydrogens (tertiary/aromatic N) is 1. The largest absolute Gasteiger partial charge is 0.310 e. The van der Waals surface area contributed by atoms with Crippen molar-refractivity contribution in [2.75, 3.05) is 4.90 Å². The SMILES string of the molecule is CC(C)(C)c1cc(-c2cc3c(cc2N(c2ccc(-c4ccccc4)cc2)c2ccc4c(c2)C(C)(C)CCC4(C)C)C2(c4ccccc4-3)C3CC4CC(C3)CC2C4)cc(C(C)(C)C)c1. The Hall–Kier alpha value is -4.88. The quantitative estimate of drug-likeness (QED) is 0.167. The molecule has 0 unspecified atom stereocenters. The summed E-state index contributed by atoms with van der Waals surface area (Å²) in [6, 6.07) is 50.6. The fourth-order valence-electron chi connectivity index (χ4n) is 13.8. The van der Waals surface area contributed by atoms with Crippen molar-refractivity contribution in [3.05, 3.63) is 161 Å². The van der Waals surface area contributed by atoms with Crippen LogP contribution >= 0.6 is 0 Å². The van der Waals surface area contributed by atoms with E-state index in [0.717, 1.165) is 11.8 Å². The summed E-state index contributed by atoms with van der Waals surface area (Å²) in [5.41, 5.74) is 21.1. The molecule has 0 amide bonds. The molecular weight excluding hydrogens is 759 g/mol. The van der Waals surface area contributed by atoms with Crippen LogP contribution in [-0.2, 0) is 27.1 Å². The van der Waals surface area contributed by atoms with Gasteiger partial charge in [-0.2, -0.15) is 0 Å². The van der Waals surface area contributed by atoms with Crippen LogP contribution in [0, 0.1) is 23.7 Å². The highest BCUT2D eigenvalue weighted by atomic mass is 15.1. The van der Waals surface area contributed by atoms with E-state index in [4.69, 9.17) is 0 Å². The number of hydrogen-bond acceptors (Lipinski definition) is 1. The monoisotopic (exact) mass is 828 g/mol. The van der Waals surface area contributed by atoms with Crippen molar-refractivity contribution in [3.63, 3.8) is 0 Å². The van der Waals surface area contributed by atoms with E-state index in [9.17, 15) is 0 Å². The fourth-order valence-corrected chi connectivity index (χ4v) is 13.8. The van der Waals surface area contributed by atoms with Crippen molar-refractivity contribution in [1.82, 2.24) is 0 Å². The number of fused-ring (bicyclic) bond motifs is 4. The molecule has 6 aliphatic rings. The number of benzene rings is 6. The molecule has 322 valence electrons. The second-order valence-electron chi connectivity index (χ2n) is 24.2. The van der Waals surface area contributed by atoms with Gasteiger partial charge in [0.1, 0.15) is 0 Å². The zero-order valence-electron chi connectivity index (χ0n) is 39.8. The fraction of sp³-hybridized carbons (Fsp3) is 0.419. The first-order valence-corrected chi connectivity index (χ1v) is 24.5. The molecule has 1 spiro atoms. The van der Waals surface area contributed by atoms with Crippen molar-refractivity contribution < 1.29 is 0 Å². The van der Waals surface area contributed by atoms with Crippen LogP contribution in [0.3, 0.4) is 0 Å². The molecule has 1 nitrogen and oxygen atoms in total. The van der Waals surface area contributed by atoms with Crippen molar-refractivity contribution >= 4 is 17.1 Å². The van der Waals surface area contributed by atoms with Gasteiger partial charge in [0.25, 0.3) is 0 Å². The minimum Gasteiger partial charge on any atom is -0.310 e. The zero-order chi connectivity index (χ0) is 43.8. The maximum Gasteiger partial charge on any atom is 0.0543 e. The zero-order valence-corrected chi connectivity index (χ0v) is 39.8. The van der Waals surface area contributed by atoms with Gasteiger partial charge in [0.15, 0.2) is 0 Å². The summed E-state index contributed by atoms with van der Waals surface area (Å²) in [6.07, 6.45) is 9.36. The van der Waals surface area contributed by atoms with Crippen molar-refractivity contribution in [3.8, 4) is 33.4 Å². The van der Waals surface area contributed by atoms with Gasteiger partial charge < -0.3 is 4.90 Å². The second kappa shape index (κ2) is 14.1. The molecule has 4 saturated carbocycles. The van der Waals surface area contributed by atoms with Gasteiger partial charge in [0, 0.05) is 22.4 Å². The van der Waals surface area contributed by atoms with Crippen molar-refractivity contribution in [2.24, 2.45) is 23.7 Å². The van der Waals surface area contributed by atoms with Gasteiger partial charge in [-0.05, 0) is 188 Å². The maximum atomic E-state index is 2.76. The minimum atomic E-state index is -0.00617. The van der Waals surface area contributed by atoms with Crippen LogP contribution in [0.25, 0.3) is 33.4 Å². The lowest BCUT2D eigenvalue weighted by atomic mass is 9.43. The molecule has 4 fully saturated rings. The molecule has 1 heteroatoms. The van der Waals surface area contributed by atoms with Crippen LogP contribution in [0.15, 0.2) is 127 Å². The molecule has 6 aromatic rings. The Morgan fingerprint density at radius 2 is 0.984 bits per heavy atom. The van der Waals surface area contributed by atoms with Crippen LogP contribution < -0.4 is 4.90 Å². The highest BCUT2D eigenvalue weighted by Gasteiger charge is 2.61. The Labute approximate surface area is 379 Å². The molecule has 6 aliphatic carbocycles. The third-order valence-corrected chi connectivity index (χ3v) is 17.2. The third-order valence-electron chi connectivity index (χ3n) is 17.2. The van der Waals surface area contributed by atoms with Gasteiger partial charge in [-0.25, -0.2) is 0 Å². The summed E-state index contributed by atoms with van der Waals surface area (Å²) in [4.78, 5) is 2.68. The molecule has 0 aromatic heterocycles. The van der Waals surface area contributed by atoms with Gasteiger partial charge in [-0.15, -0.1) is 0 Å². The highest BCUT2D eigenvalue weighted by Crippen LogP contribution is 2.70. The van der Waals surface area contributed by atoms with Gasteiger partial charge >= 0.3 is 0 Å². The summed E-state index contributed by atoms with van der Waals surface area (Å²) < 4.78 is 0. The van der Waals surface area contributed by atoms with E-state index < -0.39 is 0 Å². The van der Waals surface area contributed by atoms with E-state index in [1.165, 1.54) is 118 Å². The minimum absolute atomic E-state index is 0.00617. The van der Waals surface area contributed by atoms with Gasteiger partial charge in [0.05, 0.1) is 5.69 Å². The summed E-state index contributed by atoms with van der Waals surface area (Å²) in [7, 11) is 0. The van der Waals surface area contributed by atoms with E-state index >= 15 is 0 Å². The Morgan fingerprint density at radius 3 is 1.60 bits per heavy atom. The van der Waals surface area contributed by atoms with E-state index in [1.807, 2.05) is 0 Å². The lowest BCUT2D eigenvalue weighted by Crippen LogP contribution is -2.55. The van der Waals surface area contributed by atoms with Crippen LogP contribution in [0.2, 0.25) is 0 Å². The Balaban J connectivity index is 1.23. The van der Waals surface area contributed by atoms with Gasteiger partial charge in [0.2, 0.25) is 0 Å². The van der Waals surface area contributed by atoms with Crippen molar-refractivity contribution in [1.29, 1.82) is 0 Å². The van der Waals surface area contributed by atoms with E-state index in [-0.39, 0.29) is 27.1 Å². The average Bonchev–Trinajstić information content (AvgIpc) is 3.53. The number of hydrogen-bond donors (Lipinski definition) is 0. The highest BCUT2D eigenvalue weighted by molar-refractivity contribution is 5.95. The summed E-state index contributed by atoms with van der Waals surface area (Å²) >= 11 is 0.